The monoisotopic (exact) mass is 458 g/mol. The lowest BCUT2D eigenvalue weighted by Gasteiger charge is -2.16. The highest BCUT2D eigenvalue weighted by atomic mass is 32.2. The molecule has 0 atom stereocenters. The third-order valence-electron chi connectivity index (χ3n) is 5.02. The molecule has 162 valence electrons. The van der Waals surface area contributed by atoms with Gasteiger partial charge in [-0.1, -0.05) is 18.2 Å². The Morgan fingerprint density at radius 2 is 1.81 bits per heavy atom. The highest BCUT2D eigenvalue weighted by molar-refractivity contribution is 7.89. The van der Waals surface area contributed by atoms with E-state index in [4.69, 9.17) is 0 Å². The Morgan fingerprint density at radius 1 is 1.03 bits per heavy atom. The molecule has 3 aromatic rings. The summed E-state index contributed by atoms with van der Waals surface area (Å²) >= 11 is 1.54. The largest absolute Gasteiger partial charge is 0.273 e. The van der Waals surface area contributed by atoms with Gasteiger partial charge in [-0.2, -0.15) is 4.31 Å². The molecule has 8 nitrogen and oxygen atoms in total. The minimum Gasteiger partial charge on any atom is -0.273 e. The highest BCUT2D eigenvalue weighted by Crippen LogP contribution is 2.23. The van der Waals surface area contributed by atoms with Gasteiger partial charge in [-0.25, -0.2) is 13.4 Å². The fourth-order valence-electron chi connectivity index (χ4n) is 3.38. The second-order valence-corrected chi connectivity index (χ2v) is 10.3. The standard InChI is InChI=1S/C21H22N4O4S2/c26-19(10-11-20-22-17-8-1-2-9-18(17)30-20)23-24-21(27)15-6-5-7-16(14-15)31(28,29)25-12-3-4-13-25/h1-2,5-9,14H,3-4,10-13H2,(H,23,26)(H,24,27). The number of para-hydroxylation sites is 1. The summed E-state index contributed by atoms with van der Waals surface area (Å²) in [5.74, 6) is -0.930. The Labute approximate surface area is 184 Å². The molecule has 31 heavy (non-hydrogen) atoms. The maximum absolute atomic E-state index is 12.7. The van der Waals surface area contributed by atoms with E-state index < -0.39 is 15.9 Å². The average molecular weight is 459 g/mol. The molecule has 1 saturated heterocycles. The summed E-state index contributed by atoms with van der Waals surface area (Å²) in [6, 6.07) is 13.6. The summed E-state index contributed by atoms with van der Waals surface area (Å²) in [7, 11) is -3.62. The molecule has 1 fully saturated rings. The summed E-state index contributed by atoms with van der Waals surface area (Å²) in [5.41, 5.74) is 5.78. The molecule has 2 amide bonds. The van der Waals surface area contributed by atoms with Crippen LogP contribution < -0.4 is 10.9 Å². The van der Waals surface area contributed by atoms with Crippen LogP contribution in [0.2, 0.25) is 0 Å². The number of aromatic nitrogens is 1. The van der Waals surface area contributed by atoms with Crippen LogP contribution in [0.15, 0.2) is 53.4 Å². The van der Waals surface area contributed by atoms with Crippen LogP contribution in [-0.2, 0) is 21.2 Å². The molecule has 2 heterocycles. The minimum atomic E-state index is -3.62. The lowest BCUT2D eigenvalue weighted by atomic mass is 10.2. The first-order valence-corrected chi connectivity index (χ1v) is 12.2. The van der Waals surface area contributed by atoms with Gasteiger partial charge in [0.25, 0.3) is 5.91 Å². The number of fused-ring (bicyclic) bond motifs is 1. The van der Waals surface area contributed by atoms with Crippen LogP contribution in [0.1, 0.15) is 34.6 Å². The van der Waals surface area contributed by atoms with Crippen molar-refractivity contribution in [1.82, 2.24) is 20.1 Å². The van der Waals surface area contributed by atoms with E-state index in [0.29, 0.717) is 19.5 Å². The van der Waals surface area contributed by atoms with E-state index >= 15 is 0 Å². The summed E-state index contributed by atoms with van der Waals surface area (Å²) in [5, 5.41) is 0.850. The summed E-state index contributed by atoms with van der Waals surface area (Å²) in [6.45, 7) is 0.979. The molecule has 1 aliphatic heterocycles. The zero-order valence-corrected chi connectivity index (χ0v) is 18.3. The first kappa shape index (κ1) is 21.4. The predicted octanol–water partition coefficient (Wildman–Crippen LogP) is 2.47. The number of hydrazine groups is 1. The van der Waals surface area contributed by atoms with Crippen molar-refractivity contribution >= 4 is 43.4 Å². The summed E-state index contributed by atoms with van der Waals surface area (Å²) in [6.07, 6.45) is 2.30. The molecule has 0 saturated carbocycles. The van der Waals surface area contributed by atoms with Gasteiger partial charge in [0.2, 0.25) is 15.9 Å². The third kappa shape index (κ3) is 4.92. The molecule has 1 aliphatic rings. The van der Waals surface area contributed by atoms with E-state index in [9.17, 15) is 18.0 Å². The van der Waals surface area contributed by atoms with Crippen LogP contribution in [0.4, 0.5) is 0 Å². The Bertz CT molecular complexity index is 1180. The van der Waals surface area contributed by atoms with Crippen molar-refractivity contribution in [2.24, 2.45) is 0 Å². The number of nitrogens with one attached hydrogen (secondary N) is 2. The smallest absolute Gasteiger partial charge is 0.269 e. The quantitative estimate of drug-likeness (QED) is 0.552. The number of amides is 2. The molecule has 0 bridgehead atoms. The van der Waals surface area contributed by atoms with Crippen LogP contribution in [0, 0.1) is 0 Å². The van der Waals surface area contributed by atoms with E-state index in [1.165, 1.54) is 39.9 Å². The number of benzene rings is 2. The van der Waals surface area contributed by atoms with Crippen LogP contribution in [0.5, 0.6) is 0 Å². The van der Waals surface area contributed by atoms with Crippen LogP contribution in [-0.4, -0.2) is 42.6 Å². The van der Waals surface area contributed by atoms with Gasteiger partial charge in [0, 0.05) is 31.5 Å². The lowest BCUT2D eigenvalue weighted by molar-refractivity contribution is -0.121. The van der Waals surface area contributed by atoms with E-state index in [1.54, 1.807) is 0 Å². The fraction of sp³-hybridized carbons (Fsp3) is 0.286. The van der Waals surface area contributed by atoms with Crippen molar-refractivity contribution in [2.45, 2.75) is 30.6 Å². The van der Waals surface area contributed by atoms with Crippen molar-refractivity contribution in [3.8, 4) is 0 Å². The number of hydrogen-bond acceptors (Lipinski definition) is 6. The van der Waals surface area contributed by atoms with E-state index in [2.05, 4.69) is 15.8 Å². The number of hydrogen-bond donors (Lipinski definition) is 2. The molecule has 2 N–H and O–H groups in total. The predicted molar refractivity (Wildman–Crippen MR) is 118 cm³/mol. The van der Waals surface area contributed by atoms with Crippen molar-refractivity contribution < 1.29 is 18.0 Å². The second kappa shape index (κ2) is 9.13. The Balaban J connectivity index is 1.32. The first-order valence-electron chi connectivity index (χ1n) is 9.97. The SMILES string of the molecule is O=C(CCc1nc2ccccc2s1)NNC(=O)c1cccc(S(=O)(=O)N2CCCC2)c1. The normalized spacial score (nSPS) is 14.6. The van der Waals surface area contributed by atoms with Crippen molar-refractivity contribution in [2.75, 3.05) is 13.1 Å². The molecule has 4 rings (SSSR count). The van der Waals surface area contributed by atoms with Gasteiger partial charge < -0.3 is 0 Å². The molecule has 0 radical (unpaired) electrons. The Hall–Kier alpha value is -2.82. The minimum absolute atomic E-state index is 0.0733. The molecular formula is C21H22N4O4S2. The zero-order valence-electron chi connectivity index (χ0n) is 16.7. The van der Waals surface area contributed by atoms with Crippen LogP contribution in [0.25, 0.3) is 10.2 Å². The Morgan fingerprint density at radius 3 is 2.58 bits per heavy atom. The average Bonchev–Trinajstić information content (AvgIpc) is 3.46. The van der Waals surface area contributed by atoms with E-state index in [0.717, 1.165) is 28.1 Å². The number of thiazole rings is 1. The maximum Gasteiger partial charge on any atom is 0.269 e. The second-order valence-electron chi connectivity index (χ2n) is 7.22. The molecule has 0 spiro atoms. The Kier molecular flexibility index (Phi) is 6.30. The molecular weight excluding hydrogens is 436 g/mol. The van der Waals surface area contributed by atoms with Crippen molar-refractivity contribution in [1.29, 1.82) is 0 Å². The van der Waals surface area contributed by atoms with E-state index in [1.807, 2.05) is 24.3 Å². The molecule has 2 aromatic carbocycles. The lowest BCUT2D eigenvalue weighted by Crippen LogP contribution is -2.41. The summed E-state index contributed by atoms with van der Waals surface area (Å²) < 4.78 is 27.8. The van der Waals surface area contributed by atoms with Gasteiger partial charge in [-0.05, 0) is 43.2 Å². The molecule has 0 aliphatic carbocycles. The number of aryl methyl sites for hydroxylation is 1. The maximum atomic E-state index is 12.7. The number of carbonyl (C=O) groups excluding carboxylic acids is 2. The van der Waals surface area contributed by atoms with Gasteiger partial charge in [0.05, 0.1) is 20.1 Å². The van der Waals surface area contributed by atoms with E-state index in [-0.39, 0.29) is 22.8 Å². The fourth-order valence-corrected chi connectivity index (χ4v) is 5.91. The highest BCUT2D eigenvalue weighted by Gasteiger charge is 2.27. The molecule has 0 unspecified atom stereocenters. The first-order chi connectivity index (χ1) is 14.9. The van der Waals surface area contributed by atoms with Gasteiger partial charge in [-0.3, -0.25) is 20.4 Å². The zero-order chi connectivity index (χ0) is 21.8. The van der Waals surface area contributed by atoms with Gasteiger partial charge in [0.1, 0.15) is 0 Å². The van der Waals surface area contributed by atoms with Gasteiger partial charge >= 0.3 is 0 Å². The summed E-state index contributed by atoms with van der Waals surface area (Å²) in [4.78, 5) is 29.1. The van der Waals surface area contributed by atoms with Crippen LogP contribution >= 0.6 is 11.3 Å². The molecule has 1 aromatic heterocycles. The van der Waals surface area contributed by atoms with Crippen molar-refractivity contribution in [3.05, 3.63) is 59.1 Å². The van der Waals surface area contributed by atoms with Gasteiger partial charge in [0.15, 0.2) is 0 Å². The van der Waals surface area contributed by atoms with Gasteiger partial charge in [-0.15, -0.1) is 11.3 Å². The topological polar surface area (TPSA) is 108 Å². The number of sulfonamides is 1. The number of rotatable bonds is 6. The molecule has 10 heteroatoms. The third-order valence-corrected chi connectivity index (χ3v) is 8.01. The number of carbonyl (C=O) groups is 2. The number of nitrogens with zero attached hydrogens (tertiary/aromatic N) is 2. The van der Waals surface area contributed by atoms with Crippen molar-refractivity contribution in [3.63, 3.8) is 0 Å². The van der Waals surface area contributed by atoms with Crippen LogP contribution in [0.3, 0.4) is 0 Å².